The number of nitrogen functional groups attached to an aromatic ring is 1. The molecule has 0 amide bonds. The molecule has 1 saturated heterocycles. The van der Waals surface area contributed by atoms with Gasteiger partial charge in [0.15, 0.2) is 5.78 Å². The molecule has 0 atom stereocenters. The maximum atomic E-state index is 12.0. The van der Waals surface area contributed by atoms with Crippen LogP contribution in [0.1, 0.15) is 15.9 Å². The van der Waals surface area contributed by atoms with Crippen molar-refractivity contribution in [3.05, 3.63) is 29.3 Å². The summed E-state index contributed by atoms with van der Waals surface area (Å²) in [5.74, 6) is 0.124. The van der Waals surface area contributed by atoms with Gasteiger partial charge in [0.25, 0.3) is 0 Å². The number of Topliss-reactive ketones (excluding diaryl/α,β-unsaturated/α-hetero) is 1. The van der Waals surface area contributed by atoms with Crippen LogP contribution in [0.25, 0.3) is 0 Å². The highest BCUT2D eigenvalue weighted by atomic mass is 16.5. The van der Waals surface area contributed by atoms with Crippen LogP contribution < -0.4 is 5.73 Å². The van der Waals surface area contributed by atoms with Crippen LogP contribution in [0.5, 0.6) is 0 Å². The fourth-order valence-electron chi connectivity index (χ4n) is 1.87. The third kappa shape index (κ3) is 3.05. The lowest BCUT2D eigenvalue weighted by molar-refractivity contribution is 0.0371. The van der Waals surface area contributed by atoms with Gasteiger partial charge in [0.05, 0.1) is 19.8 Å². The van der Waals surface area contributed by atoms with Gasteiger partial charge in [-0.25, -0.2) is 0 Å². The first kappa shape index (κ1) is 12.1. The first-order chi connectivity index (χ1) is 8.16. The molecule has 0 aliphatic carbocycles. The monoisotopic (exact) mass is 234 g/mol. The second-order valence-electron chi connectivity index (χ2n) is 4.38. The summed E-state index contributed by atoms with van der Waals surface area (Å²) in [5, 5.41) is 0. The summed E-state index contributed by atoms with van der Waals surface area (Å²) < 4.78 is 5.25. The molecule has 0 saturated carbocycles. The van der Waals surface area contributed by atoms with Gasteiger partial charge in [0, 0.05) is 24.3 Å². The zero-order chi connectivity index (χ0) is 12.3. The zero-order valence-electron chi connectivity index (χ0n) is 10.1. The van der Waals surface area contributed by atoms with Crippen LogP contribution >= 0.6 is 0 Å². The number of aryl methyl sites for hydroxylation is 1. The van der Waals surface area contributed by atoms with Gasteiger partial charge in [-0.05, 0) is 18.6 Å². The standard InChI is InChI=1S/C13H18N2O2/c1-10-2-3-11(8-12(10)14)13(16)9-15-4-6-17-7-5-15/h2-3,8H,4-7,9,14H2,1H3. The van der Waals surface area contributed by atoms with Gasteiger partial charge in [-0.15, -0.1) is 0 Å². The Hall–Kier alpha value is -1.39. The minimum Gasteiger partial charge on any atom is -0.398 e. The van der Waals surface area contributed by atoms with Crippen molar-refractivity contribution in [1.82, 2.24) is 4.90 Å². The van der Waals surface area contributed by atoms with Gasteiger partial charge in [-0.2, -0.15) is 0 Å². The Labute approximate surface area is 101 Å². The fourth-order valence-corrected chi connectivity index (χ4v) is 1.87. The fraction of sp³-hybridized carbons (Fsp3) is 0.462. The molecule has 1 aliphatic rings. The molecule has 0 aromatic heterocycles. The van der Waals surface area contributed by atoms with Crippen LogP contribution in [0.3, 0.4) is 0 Å². The number of hydrogen-bond donors (Lipinski definition) is 1. The van der Waals surface area contributed by atoms with Crippen molar-refractivity contribution in [2.24, 2.45) is 0 Å². The highest BCUT2D eigenvalue weighted by Gasteiger charge is 2.15. The molecule has 4 heteroatoms. The van der Waals surface area contributed by atoms with E-state index in [-0.39, 0.29) is 5.78 Å². The molecule has 0 unspecified atom stereocenters. The number of nitrogens with zero attached hydrogens (tertiary/aromatic N) is 1. The molecule has 0 radical (unpaired) electrons. The van der Waals surface area contributed by atoms with Crippen molar-refractivity contribution >= 4 is 11.5 Å². The lowest BCUT2D eigenvalue weighted by Gasteiger charge is -2.25. The maximum Gasteiger partial charge on any atom is 0.176 e. The molecular weight excluding hydrogens is 216 g/mol. The Bertz CT molecular complexity index is 412. The van der Waals surface area contributed by atoms with Gasteiger partial charge >= 0.3 is 0 Å². The van der Waals surface area contributed by atoms with Crippen LogP contribution in [-0.4, -0.2) is 43.5 Å². The van der Waals surface area contributed by atoms with E-state index in [2.05, 4.69) is 4.90 Å². The third-order valence-electron chi connectivity index (χ3n) is 3.07. The lowest BCUT2D eigenvalue weighted by atomic mass is 10.1. The molecule has 0 spiro atoms. The Morgan fingerprint density at radius 3 is 2.76 bits per heavy atom. The van der Waals surface area contributed by atoms with Crippen molar-refractivity contribution in [2.75, 3.05) is 38.6 Å². The smallest absolute Gasteiger partial charge is 0.176 e. The van der Waals surface area contributed by atoms with Crippen molar-refractivity contribution in [3.8, 4) is 0 Å². The SMILES string of the molecule is Cc1ccc(C(=O)CN2CCOCC2)cc1N. The highest BCUT2D eigenvalue weighted by Crippen LogP contribution is 2.14. The number of morpholine rings is 1. The Balaban J connectivity index is 2.01. The first-order valence-electron chi connectivity index (χ1n) is 5.86. The second-order valence-corrected chi connectivity index (χ2v) is 4.38. The molecule has 0 bridgehead atoms. The van der Waals surface area contributed by atoms with Crippen molar-refractivity contribution < 1.29 is 9.53 Å². The normalized spacial score (nSPS) is 17.0. The van der Waals surface area contributed by atoms with Gasteiger partial charge in [0.1, 0.15) is 0 Å². The van der Waals surface area contributed by atoms with E-state index < -0.39 is 0 Å². The number of ketones is 1. The topological polar surface area (TPSA) is 55.6 Å². The predicted octanol–water partition coefficient (Wildman–Crippen LogP) is 1.09. The third-order valence-corrected chi connectivity index (χ3v) is 3.07. The van der Waals surface area contributed by atoms with E-state index in [1.54, 1.807) is 6.07 Å². The van der Waals surface area contributed by atoms with E-state index in [1.165, 1.54) is 0 Å². The van der Waals surface area contributed by atoms with Crippen molar-refractivity contribution in [1.29, 1.82) is 0 Å². The number of carbonyl (C=O) groups is 1. The van der Waals surface area contributed by atoms with Crippen LogP contribution in [0, 0.1) is 6.92 Å². The number of rotatable bonds is 3. The largest absolute Gasteiger partial charge is 0.398 e. The Morgan fingerprint density at radius 2 is 2.12 bits per heavy atom. The molecule has 1 heterocycles. The predicted molar refractivity (Wildman–Crippen MR) is 67.2 cm³/mol. The summed E-state index contributed by atoms with van der Waals surface area (Å²) in [5.41, 5.74) is 8.19. The van der Waals surface area contributed by atoms with E-state index in [9.17, 15) is 4.79 Å². The number of anilines is 1. The molecular formula is C13H18N2O2. The average Bonchev–Trinajstić information content (AvgIpc) is 2.34. The molecule has 1 aromatic carbocycles. The highest BCUT2D eigenvalue weighted by molar-refractivity contribution is 5.98. The summed E-state index contributed by atoms with van der Waals surface area (Å²) in [6.07, 6.45) is 0. The van der Waals surface area contributed by atoms with Crippen molar-refractivity contribution in [2.45, 2.75) is 6.92 Å². The van der Waals surface area contributed by atoms with E-state index in [1.807, 2.05) is 19.1 Å². The van der Waals surface area contributed by atoms with Crippen LogP contribution in [0.2, 0.25) is 0 Å². The van der Waals surface area contributed by atoms with Gasteiger partial charge in [-0.3, -0.25) is 9.69 Å². The number of carbonyl (C=O) groups excluding carboxylic acids is 1. The number of ether oxygens (including phenoxy) is 1. The molecule has 1 aliphatic heterocycles. The molecule has 1 fully saturated rings. The first-order valence-corrected chi connectivity index (χ1v) is 5.86. The molecule has 4 nitrogen and oxygen atoms in total. The van der Waals surface area contributed by atoms with E-state index in [0.717, 1.165) is 18.7 Å². The molecule has 2 N–H and O–H groups in total. The minimum atomic E-state index is 0.124. The van der Waals surface area contributed by atoms with Crippen LogP contribution in [0.4, 0.5) is 5.69 Å². The van der Waals surface area contributed by atoms with Crippen LogP contribution in [-0.2, 0) is 4.74 Å². The number of benzene rings is 1. The van der Waals surface area contributed by atoms with Crippen LogP contribution in [0.15, 0.2) is 18.2 Å². The van der Waals surface area contributed by atoms with Crippen molar-refractivity contribution in [3.63, 3.8) is 0 Å². The molecule has 2 rings (SSSR count). The second kappa shape index (κ2) is 5.29. The molecule has 92 valence electrons. The number of nitrogens with two attached hydrogens (primary N) is 1. The minimum absolute atomic E-state index is 0.124. The average molecular weight is 234 g/mol. The Kier molecular flexibility index (Phi) is 3.76. The van der Waals surface area contributed by atoms with Gasteiger partial charge in [-0.1, -0.05) is 12.1 Å². The quantitative estimate of drug-likeness (QED) is 0.628. The lowest BCUT2D eigenvalue weighted by Crippen LogP contribution is -2.39. The van der Waals surface area contributed by atoms with Gasteiger partial charge < -0.3 is 10.5 Å². The Morgan fingerprint density at radius 1 is 1.41 bits per heavy atom. The summed E-state index contributed by atoms with van der Waals surface area (Å²) in [7, 11) is 0. The maximum absolute atomic E-state index is 12.0. The summed E-state index contributed by atoms with van der Waals surface area (Å²) in [6, 6.07) is 5.49. The number of hydrogen-bond acceptors (Lipinski definition) is 4. The summed E-state index contributed by atoms with van der Waals surface area (Å²) >= 11 is 0. The van der Waals surface area contributed by atoms with Gasteiger partial charge in [0.2, 0.25) is 0 Å². The van der Waals surface area contributed by atoms with E-state index in [4.69, 9.17) is 10.5 Å². The molecule has 17 heavy (non-hydrogen) atoms. The van der Waals surface area contributed by atoms with E-state index in [0.29, 0.717) is 31.0 Å². The van der Waals surface area contributed by atoms with E-state index >= 15 is 0 Å². The summed E-state index contributed by atoms with van der Waals surface area (Å²) in [4.78, 5) is 14.2. The summed E-state index contributed by atoms with van der Waals surface area (Å²) in [6.45, 7) is 5.46. The zero-order valence-corrected chi connectivity index (χ0v) is 10.1. The molecule has 1 aromatic rings.